The van der Waals surface area contributed by atoms with E-state index in [-0.39, 0.29) is 5.91 Å². The van der Waals surface area contributed by atoms with Crippen molar-refractivity contribution < 1.29 is 4.79 Å². The second-order valence-corrected chi connectivity index (χ2v) is 7.08. The fraction of sp³-hybridized carbons (Fsp3) is 0.273. The molecule has 1 amide bonds. The lowest BCUT2D eigenvalue weighted by Crippen LogP contribution is -2.47. The molecule has 1 aliphatic heterocycles. The summed E-state index contributed by atoms with van der Waals surface area (Å²) >= 11 is 0. The molecule has 3 heterocycles. The summed E-state index contributed by atoms with van der Waals surface area (Å²) in [5, 5.41) is 2.93. The molecule has 0 bridgehead atoms. The molecule has 1 fully saturated rings. The maximum atomic E-state index is 12.3. The highest BCUT2D eigenvalue weighted by Crippen LogP contribution is 2.18. The lowest BCUT2D eigenvalue weighted by Gasteiger charge is -2.35. The molecule has 3 aromatic rings. The Hall–Kier alpha value is -3.48. The van der Waals surface area contributed by atoms with Crippen molar-refractivity contribution in [2.24, 2.45) is 0 Å². The summed E-state index contributed by atoms with van der Waals surface area (Å²) in [4.78, 5) is 29.9. The Kier molecular flexibility index (Phi) is 5.65. The average Bonchev–Trinajstić information content (AvgIpc) is 2.77. The molecule has 1 saturated heterocycles. The number of nitrogens with zero attached hydrogens (tertiary/aromatic N) is 5. The number of benzene rings is 1. The lowest BCUT2D eigenvalue weighted by atomic mass is 10.1. The van der Waals surface area contributed by atoms with Crippen LogP contribution in [-0.2, 0) is 11.2 Å². The zero-order valence-electron chi connectivity index (χ0n) is 16.5. The first kappa shape index (κ1) is 18.9. The Labute approximate surface area is 170 Å². The van der Waals surface area contributed by atoms with Crippen molar-refractivity contribution >= 4 is 23.4 Å². The molecule has 7 heteroatoms. The molecule has 0 radical (unpaired) electrons. The molecule has 2 aromatic heterocycles. The van der Waals surface area contributed by atoms with E-state index in [0.29, 0.717) is 12.1 Å². The van der Waals surface area contributed by atoms with Gasteiger partial charge < -0.3 is 15.1 Å². The summed E-state index contributed by atoms with van der Waals surface area (Å²) in [7, 11) is 0. The normalized spacial score (nSPS) is 14.0. The van der Waals surface area contributed by atoms with Gasteiger partial charge in [-0.25, -0.2) is 15.0 Å². The Morgan fingerprint density at radius 1 is 0.931 bits per heavy atom. The van der Waals surface area contributed by atoms with Crippen molar-refractivity contribution in [1.82, 2.24) is 15.0 Å². The minimum Gasteiger partial charge on any atom is -0.353 e. The van der Waals surface area contributed by atoms with Gasteiger partial charge in [-0.2, -0.15) is 0 Å². The van der Waals surface area contributed by atoms with Gasteiger partial charge in [0, 0.05) is 38.6 Å². The van der Waals surface area contributed by atoms with Crippen LogP contribution in [0.5, 0.6) is 0 Å². The number of aryl methyl sites for hydroxylation is 1. The van der Waals surface area contributed by atoms with E-state index in [1.165, 1.54) is 0 Å². The van der Waals surface area contributed by atoms with E-state index >= 15 is 0 Å². The number of aromatic nitrogens is 3. The van der Waals surface area contributed by atoms with Crippen molar-refractivity contribution in [3.05, 3.63) is 72.2 Å². The molecule has 0 spiro atoms. The Balaban J connectivity index is 1.31. The van der Waals surface area contributed by atoms with Crippen molar-refractivity contribution in [2.75, 3.05) is 41.3 Å². The van der Waals surface area contributed by atoms with E-state index in [4.69, 9.17) is 0 Å². The molecule has 1 aromatic carbocycles. The summed E-state index contributed by atoms with van der Waals surface area (Å²) in [5.74, 6) is 1.65. The van der Waals surface area contributed by atoms with E-state index in [9.17, 15) is 4.79 Å². The van der Waals surface area contributed by atoms with Crippen LogP contribution in [0.25, 0.3) is 0 Å². The van der Waals surface area contributed by atoms with Gasteiger partial charge in [-0.05, 0) is 36.2 Å². The highest BCUT2D eigenvalue weighted by Gasteiger charge is 2.19. The quantitative estimate of drug-likeness (QED) is 0.724. The summed E-state index contributed by atoms with van der Waals surface area (Å²) in [6.45, 7) is 5.42. The van der Waals surface area contributed by atoms with Crippen LogP contribution in [0.15, 0.2) is 61.1 Å². The molecule has 0 atom stereocenters. The SMILES string of the molecule is Cc1ccccc1CC(=O)Nc1ccc(N2CCN(c3ncccn3)CC2)nc1. The van der Waals surface area contributed by atoms with Gasteiger partial charge in [0.25, 0.3) is 0 Å². The standard InChI is InChI=1S/C22H24N6O/c1-17-5-2-3-6-18(17)15-21(29)26-19-7-8-20(25-16-19)27-11-13-28(14-12-27)22-23-9-4-10-24-22/h2-10,16H,11-15H2,1H3,(H,26,29). The first-order valence-electron chi connectivity index (χ1n) is 9.76. The molecule has 0 unspecified atom stereocenters. The van der Waals surface area contributed by atoms with E-state index in [2.05, 4.69) is 30.1 Å². The van der Waals surface area contributed by atoms with Gasteiger partial charge in [0.05, 0.1) is 18.3 Å². The molecule has 4 rings (SSSR count). The topological polar surface area (TPSA) is 74.2 Å². The molecule has 1 N–H and O–H groups in total. The minimum atomic E-state index is -0.0367. The zero-order valence-corrected chi connectivity index (χ0v) is 16.5. The summed E-state index contributed by atoms with van der Waals surface area (Å²) in [6.07, 6.45) is 5.61. The summed E-state index contributed by atoms with van der Waals surface area (Å²) in [5.41, 5.74) is 2.87. The lowest BCUT2D eigenvalue weighted by molar-refractivity contribution is -0.115. The highest BCUT2D eigenvalue weighted by molar-refractivity contribution is 5.92. The number of carbonyl (C=O) groups is 1. The van der Waals surface area contributed by atoms with Gasteiger partial charge >= 0.3 is 0 Å². The third kappa shape index (κ3) is 4.68. The van der Waals surface area contributed by atoms with E-state index in [1.807, 2.05) is 49.4 Å². The number of hydrogen-bond donors (Lipinski definition) is 1. The van der Waals surface area contributed by atoms with Crippen LogP contribution in [0.4, 0.5) is 17.5 Å². The van der Waals surface area contributed by atoms with Crippen LogP contribution < -0.4 is 15.1 Å². The third-order valence-electron chi connectivity index (χ3n) is 5.08. The number of amides is 1. The molecular weight excluding hydrogens is 364 g/mol. The highest BCUT2D eigenvalue weighted by atomic mass is 16.1. The van der Waals surface area contributed by atoms with Crippen LogP contribution in [0.3, 0.4) is 0 Å². The van der Waals surface area contributed by atoms with Gasteiger partial charge in [0.2, 0.25) is 11.9 Å². The van der Waals surface area contributed by atoms with Crippen molar-refractivity contribution in [3.63, 3.8) is 0 Å². The Morgan fingerprint density at radius 3 is 2.34 bits per heavy atom. The number of nitrogens with one attached hydrogen (secondary N) is 1. The fourth-order valence-electron chi connectivity index (χ4n) is 3.42. The molecule has 0 saturated carbocycles. The van der Waals surface area contributed by atoms with Crippen LogP contribution in [-0.4, -0.2) is 47.0 Å². The van der Waals surface area contributed by atoms with E-state index in [1.54, 1.807) is 18.6 Å². The first-order chi connectivity index (χ1) is 14.2. The predicted molar refractivity (Wildman–Crippen MR) is 114 cm³/mol. The van der Waals surface area contributed by atoms with Crippen molar-refractivity contribution in [2.45, 2.75) is 13.3 Å². The molecule has 29 heavy (non-hydrogen) atoms. The summed E-state index contributed by atoms with van der Waals surface area (Å²) < 4.78 is 0. The largest absolute Gasteiger partial charge is 0.353 e. The van der Waals surface area contributed by atoms with Gasteiger partial charge in [0.15, 0.2) is 0 Å². The number of anilines is 3. The number of hydrogen-bond acceptors (Lipinski definition) is 6. The van der Waals surface area contributed by atoms with Crippen LogP contribution in [0.1, 0.15) is 11.1 Å². The van der Waals surface area contributed by atoms with Gasteiger partial charge in [-0.3, -0.25) is 4.79 Å². The van der Waals surface area contributed by atoms with Crippen molar-refractivity contribution in [1.29, 1.82) is 0 Å². The smallest absolute Gasteiger partial charge is 0.228 e. The molecule has 0 aliphatic carbocycles. The van der Waals surface area contributed by atoms with Gasteiger partial charge in [-0.1, -0.05) is 24.3 Å². The Morgan fingerprint density at radius 2 is 1.66 bits per heavy atom. The second-order valence-electron chi connectivity index (χ2n) is 7.08. The summed E-state index contributed by atoms with van der Waals surface area (Å²) in [6, 6.07) is 13.6. The average molecular weight is 388 g/mol. The predicted octanol–water partition coefficient (Wildman–Crippen LogP) is 2.69. The third-order valence-corrected chi connectivity index (χ3v) is 5.08. The van der Waals surface area contributed by atoms with Gasteiger partial charge in [-0.15, -0.1) is 0 Å². The maximum absolute atomic E-state index is 12.3. The molecular formula is C22H24N6O. The molecule has 148 valence electrons. The molecule has 7 nitrogen and oxygen atoms in total. The van der Waals surface area contributed by atoms with E-state index < -0.39 is 0 Å². The monoisotopic (exact) mass is 388 g/mol. The number of piperazine rings is 1. The van der Waals surface area contributed by atoms with Crippen LogP contribution in [0.2, 0.25) is 0 Å². The maximum Gasteiger partial charge on any atom is 0.228 e. The minimum absolute atomic E-state index is 0.0367. The Bertz CT molecular complexity index is 953. The van der Waals surface area contributed by atoms with Crippen LogP contribution >= 0.6 is 0 Å². The van der Waals surface area contributed by atoms with Crippen LogP contribution in [0, 0.1) is 6.92 Å². The first-order valence-corrected chi connectivity index (χ1v) is 9.76. The second kappa shape index (κ2) is 8.68. The number of carbonyl (C=O) groups excluding carboxylic acids is 1. The number of rotatable bonds is 5. The van der Waals surface area contributed by atoms with E-state index in [0.717, 1.165) is 49.1 Å². The number of pyridine rings is 1. The fourth-order valence-corrected chi connectivity index (χ4v) is 3.42. The molecule has 1 aliphatic rings. The van der Waals surface area contributed by atoms with Gasteiger partial charge in [0.1, 0.15) is 5.82 Å². The van der Waals surface area contributed by atoms with Crippen molar-refractivity contribution in [3.8, 4) is 0 Å². The zero-order chi connectivity index (χ0) is 20.1.